The van der Waals surface area contributed by atoms with Crippen molar-refractivity contribution >= 4 is 21.3 Å². The lowest BCUT2D eigenvalue weighted by molar-refractivity contribution is 0.598. The van der Waals surface area contributed by atoms with Crippen LogP contribution in [0, 0.1) is 5.82 Å². The molecule has 7 heteroatoms. The summed E-state index contributed by atoms with van der Waals surface area (Å²) in [5.41, 5.74) is 0.480. The Morgan fingerprint density at radius 3 is 2.67 bits per heavy atom. The smallest absolute Gasteiger partial charge is 0.192 e. The van der Waals surface area contributed by atoms with Crippen LogP contribution in [0.5, 0.6) is 0 Å². The Morgan fingerprint density at radius 2 is 2.00 bits per heavy atom. The number of aromatic nitrogens is 2. The fourth-order valence-electron chi connectivity index (χ4n) is 1.32. The zero-order valence-electron chi connectivity index (χ0n) is 9.46. The van der Waals surface area contributed by atoms with Gasteiger partial charge in [0.15, 0.2) is 14.9 Å². The van der Waals surface area contributed by atoms with E-state index in [1.807, 2.05) is 0 Å². The molecule has 18 heavy (non-hydrogen) atoms. The lowest BCUT2D eigenvalue weighted by Crippen LogP contribution is -2.03. The van der Waals surface area contributed by atoms with Gasteiger partial charge in [0.2, 0.25) is 0 Å². The zero-order valence-corrected chi connectivity index (χ0v) is 10.3. The lowest BCUT2D eigenvalue weighted by atomic mass is 10.3. The molecule has 1 N–H and O–H groups in total. The van der Waals surface area contributed by atoms with E-state index in [1.165, 1.54) is 24.3 Å². The molecule has 0 radical (unpaired) electrons. The summed E-state index contributed by atoms with van der Waals surface area (Å²) in [5.74, 6) is -0.103. The van der Waals surface area contributed by atoms with Gasteiger partial charge in [0.05, 0.1) is 0 Å². The highest BCUT2D eigenvalue weighted by Gasteiger charge is 2.10. The van der Waals surface area contributed by atoms with E-state index in [0.29, 0.717) is 5.69 Å². The van der Waals surface area contributed by atoms with Crippen LogP contribution >= 0.6 is 0 Å². The number of anilines is 2. The van der Waals surface area contributed by atoms with Gasteiger partial charge >= 0.3 is 0 Å². The second kappa shape index (κ2) is 4.69. The van der Waals surface area contributed by atoms with Crippen molar-refractivity contribution in [1.29, 1.82) is 0 Å². The summed E-state index contributed by atoms with van der Waals surface area (Å²) in [5, 5.41) is 2.72. The van der Waals surface area contributed by atoms with Gasteiger partial charge in [0.25, 0.3) is 0 Å². The molecule has 0 spiro atoms. The topological polar surface area (TPSA) is 72.0 Å². The normalized spacial score (nSPS) is 11.2. The van der Waals surface area contributed by atoms with Gasteiger partial charge in [-0.3, -0.25) is 0 Å². The Bertz CT molecular complexity index is 673. The maximum absolute atomic E-state index is 13.0. The fraction of sp³-hybridized carbons (Fsp3) is 0.0909. The first kappa shape index (κ1) is 12.4. The molecule has 1 aromatic carbocycles. The quantitative estimate of drug-likeness (QED) is 0.858. The van der Waals surface area contributed by atoms with Gasteiger partial charge < -0.3 is 5.32 Å². The number of hydrogen-bond donors (Lipinski definition) is 1. The molecule has 94 valence electrons. The van der Waals surface area contributed by atoms with Crippen molar-refractivity contribution in [2.75, 3.05) is 11.6 Å². The molecule has 2 rings (SSSR count). The Morgan fingerprint density at radius 1 is 1.22 bits per heavy atom. The average Bonchev–Trinajstić information content (AvgIpc) is 2.28. The summed E-state index contributed by atoms with van der Waals surface area (Å²) in [4.78, 5) is 7.53. The lowest BCUT2D eigenvalue weighted by Gasteiger charge is -2.06. The molecule has 0 aliphatic heterocycles. The maximum Gasteiger partial charge on any atom is 0.192 e. The number of sulfone groups is 1. The molecule has 0 atom stereocenters. The van der Waals surface area contributed by atoms with Crippen molar-refractivity contribution in [3.63, 3.8) is 0 Å². The summed E-state index contributed by atoms with van der Waals surface area (Å²) in [6.07, 6.45) is 2.19. The van der Waals surface area contributed by atoms with E-state index in [-0.39, 0.29) is 10.8 Å². The summed E-state index contributed by atoms with van der Waals surface area (Å²) in [7, 11) is -3.39. The van der Waals surface area contributed by atoms with Gasteiger partial charge in [0.1, 0.15) is 18.0 Å². The fourth-order valence-corrected chi connectivity index (χ4v) is 1.89. The predicted octanol–water partition coefficient (Wildman–Crippen LogP) is 1.76. The third-order valence-corrected chi connectivity index (χ3v) is 3.10. The second-order valence-electron chi connectivity index (χ2n) is 3.65. The molecule has 2 aromatic rings. The molecular formula is C11H10FN3O2S. The molecule has 0 fully saturated rings. The van der Waals surface area contributed by atoms with Crippen LogP contribution in [0.15, 0.2) is 41.7 Å². The van der Waals surface area contributed by atoms with Crippen LogP contribution in [0.3, 0.4) is 0 Å². The summed E-state index contributed by atoms with van der Waals surface area (Å²) in [6, 6.07) is 7.07. The third kappa shape index (κ3) is 3.01. The minimum Gasteiger partial charge on any atom is -0.340 e. The molecule has 0 amide bonds. The predicted molar refractivity (Wildman–Crippen MR) is 64.8 cm³/mol. The van der Waals surface area contributed by atoms with E-state index < -0.39 is 15.7 Å². The number of rotatable bonds is 3. The van der Waals surface area contributed by atoms with Crippen LogP contribution in [0.2, 0.25) is 0 Å². The first-order valence-corrected chi connectivity index (χ1v) is 6.89. The van der Waals surface area contributed by atoms with Gasteiger partial charge in [-0.1, -0.05) is 6.07 Å². The van der Waals surface area contributed by atoms with Crippen LogP contribution in [0.25, 0.3) is 0 Å². The first-order valence-electron chi connectivity index (χ1n) is 5.00. The van der Waals surface area contributed by atoms with Crippen LogP contribution in [-0.2, 0) is 9.84 Å². The van der Waals surface area contributed by atoms with E-state index in [9.17, 15) is 12.8 Å². The molecule has 0 unspecified atom stereocenters. The van der Waals surface area contributed by atoms with Crippen molar-refractivity contribution < 1.29 is 12.8 Å². The maximum atomic E-state index is 13.0. The van der Waals surface area contributed by atoms with Crippen LogP contribution in [0.4, 0.5) is 15.9 Å². The molecule has 1 aromatic heterocycles. The highest BCUT2D eigenvalue weighted by Crippen LogP contribution is 2.16. The monoisotopic (exact) mass is 267 g/mol. The standard InChI is InChI=1S/C11H10FN3O2S/c1-18(16,17)11-6-10(13-7-14-11)15-9-4-2-3-8(12)5-9/h2-7H,1H3,(H,13,14,15). The van der Waals surface area contributed by atoms with Gasteiger partial charge in [-0.2, -0.15) is 0 Å². The minimum atomic E-state index is -3.39. The van der Waals surface area contributed by atoms with Crippen molar-refractivity contribution in [3.05, 3.63) is 42.5 Å². The Balaban J connectivity index is 2.30. The van der Waals surface area contributed by atoms with Crippen molar-refractivity contribution in [1.82, 2.24) is 9.97 Å². The average molecular weight is 267 g/mol. The van der Waals surface area contributed by atoms with Crippen LogP contribution < -0.4 is 5.32 Å². The highest BCUT2D eigenvalue weighted by atomic mass is 32.2. The summed E-state index contributed by atoms with van der Waals surface area (Å²) >= 11 is 0. The number of nitrogens with one attached hydrogen (secondary N) is 1. The highest BCUT2D eigenvalue weighted by molar-refractivity contribution is 7.90. The second-order valence-corrected chi connectivity index (χ2v) is 5.61. The van der Waals surface area contributed by atoms with Crippen molar-refractivity contribution in [2.45, 2.75) is 5.03 Å². The molecule has 0 saturated carbocycles. The van der Waals surface area contributed by atoms with Gasteiger partial charge in [0, 0.05) is 18.0 Å². The zero-order chi connectivity index (χ0) is 13.2. The third-order valence-electron chi connectivity index (χ3n) is 2.12. The Labute approximate surface area is 104 Å². The molecular weight excluding hydrogens is 257 g/mol. The molecule has 0 aliphatic rings. The number of halogens is 1. The Kier molecular flexibility index (Phi) is 3.24. The SMILES string of the molecule is CS(=O)(=O)c1cc(Nc2cccc(F)c2)ncn1. The van der Waals surface area contributed by atoms with E-state index in [2.05, 4.69) is 15.3 Å². The van der Waals surface area contributed by atoms with Crippen molar-refractivity contribution in [3.8, 4) is 0 Å². The van der Waals surface area contributed by atoms with E-state index in [1.54, 1.807) is 6.07 Å². The van der Waals surface area contributed by atoms with Gasteiger partial charge in [-0.25, -0.2) is 22.8 Å². The Hall–Kier alpha value is -2.02. The summed E-state index contributed by atoms with van der Waals surface area (Å²) in [6.45, 7) is 0. The van der Waals surface area contributed by atoms with Crippen LogP contribution in [-0.4, -0.2) is 24.6 Å². The molecule has 0 aliphatic carbocycles. The van der Waals surface area contributed by atoms with E-state index >= 15 is 0 Å². The largest absolute Gasteiger partial charge is 0.340 e. The molecule has 0 bridgehead atoms. The van der Waals surface area contributed by atoms with Gasteiger partial charge in [-0.05, 0) is 18.2 Å². The number of nitrogens with zero attached hydrogens (tertiary/aromatic N) is 2. The van der Waals surface area contributed by atoms with Gasteiger partial charge in [-0.15, -0.1) is 0 Å². The first-order chi connectivity index (χ1) is 8.45. The van der Waals surface area contributed by atoms with Crippen LogP contribution in [0.1, 0.15) is 0 Å². The number of benzene rings is 1. The van der Waals surface area contributed by atoms with E-state index in [4.69, 9.17) is 0 Å². The number of hydrogen-bond acceptors (Lipinski definition) is 5. The summed E-state index contributed by atoms with van der Waals surface area (Å²) < 4.78 is 35.6. The molecule has 1 heterocycles. The minimum absolute atomic E-state index is 0.0867. The molecule has 0 saturated heterocycles. The van der Waals surface area contributed by atoms with Crippen molar-refractivity contribution in [2.24, 2.45) is 0 Å². The van der Waals surface area contributed by atoms with E-state index in [0.717, 1.165) is 12.6 Å². The molecule has 5 nitrogen and oxygen atoms in total.